The molecule has 0 bridgehead atoms. The third kappa shape index (κ3) is 2.90. The summed E-state index contributed by atoms with van der Waals surface area (Å²) in [6.45, 7) is 8.44. The fourth-order valence-electron chi connectivity index (χ4n) is 4.80. The van der Waals surface area contributed by atoms with Crippen LogP contribution in [0.5, 0.6) is 0 Å². The van der Waals surface area contributed by atoms with E-state index in [1.165, 1.54) is 77.5 Å². The average Bonchev–Trinajstić information content (AvgIpc) is 2.69. The first-order valence-corrected chi connectivity index (χ1v) is 8.93. The van der Waals surface area contributed by atoms with Gasteiger partial charge in [0.05, 0.1) is 0 Å². The molecule has 3 nitrogen and oxygen atoms in total. The van der Waals surface area contributed by atoms with Crippen LogP contribution < -0.4 is 5.73 Å². The van der Waals surface area contributed by atoms with E-state index in [9.17, 15) is 0 Å². The fraction of sp³-hybridized carbons (Fsp3) is 1.00. The first-order chi connectivity index (χ1) is 9.73. The molecule has 116 valence electrons. The average molecular weight is 279 g/mol. The van der Waals surface area contributed by atoms with Crippen molar-refractivity contribution in [2.75, 3.05) is 32.7 Å². The van der Waals surface area contributed by atoms with Crippen LogP contribution in [0, 0.1) is 5.92 Å². The Balaban J connectivity index is 1.69. The summed E-state index contributed by atoms with van der Waals surface area (Å²) in [5.41, 5.74) is 6.62. The van der Waals surface area contributed by atoms with E-state index in [4.69, 9.17) is 5.73 Å². The van der Waals surface area contributed by atoms with Gasteiger partial charge in [-0.3, -0.25) is 9.80 Å². The largest absolute Gasteiger partial charge is 0.329 e. The quantitative estimate of drug-likeness (QED) is 0.788. The molecule has 3 unspecified atom stereocenters. The van der Waals surface area contributed by atoms with Gasteiger partial charge in [0.1, 0.15) is 0 Å². The Morgan fingerprint density at radius 2 is 1.90 bits per heavy atom. The van der Waals surface area contributed by atoms with Crippen molar-refractivity contribution in [1.82, 2.24) is 9.80 Å². The SMILES string of the molecule is CC1CCCC(CN)(N2CCN3CCCCC3C2)CC1. The van der Waals surface area contributed by atoms with Crippen molar-refractivity contribution in [3.63, 3.8) is 0 Å². The minimum atomic E-state index is 0.328. The Hall–Kier alpha value is -0.120. The van der Waals surface area contributed by atoms with Gasteiger partial charge in [-0.1, -0.05) is 26.2 Å². The van der Waals surface area contributed by atoms with Crippen LogP contribution in [0.15, 0.2) is 0 Å². The molecule has 3 aliphatic rings. The summed E-state index contributed by atoms with van der Waals surface area (Å²) in [6, 6.07) is 0.821. The monoisotopic (exact) mass is 279 g/mol. The number of fused-ring (bicyclic) bond motifs is 1. The van der Waals surface area contributed by atoms with Gasteiger partial charge >= 0.3 is 0 Å². The van der Waals surface area contributed by atoms with E-state index in [0.29, 0.717) is 5.54 Å². The van der Waals surface area contributed by atoms with E-state index in [2.05, 4.69) is 16.7 Å². The Kier molecular flexibility index (Phi) is 4.68. The third-order valence-electron chi connectivity index (χ3n) is 6.33. The molecule has 3 fully saturated rings. The number of hydrogen-bond acceptors (Lipinski definition) is 3. The zero-order valence-electron chi connectivity index (χ0n) is 13.3. The summed E-state index contributed by atoms with van der Waals surface area (Å²) >= 11 is 0. The van der Waals surface area contributed by atoms with Gasteiger partial charge in [-0.15, -0.1) is 0 Å². The number of nitrogens with zero attached hydrogens (tertiary/aromatic N) is 2. The predicted octanol–water partition coefficient (Wildman–Crippen LogP) is 2.45. The molecule has 3 atom stereocenters. The zero-order chi connectivity index (χ0) is 14.0. The molecule has 0 aromatic carbocycles. The molecule has 0 aromatic rings. The summed E-state index contributed by atoms with van der Waals surface area (Å²) in [5.74, 6) is 0.902. The van der Waals surface area contributed by atoms with E-state index >= 15 is 0 Å². The zero-order valence-corrected chi connectivity index (χ0v) is 13.3. The molecule has 2 saturated heterocycles. The van der Waals surface area contributed by atoms with E-state index in [0.717, 1.165) is 18.5 Å². The van der Waals surface area contributed by atoms with Crippen molar-refractivity contribution in [2.45, 2.75) is 69.9 Å². The van der Waals surface area contributed by atoms with E-state index in [-0.39, 0.29) is 0 Å². The molecular weight excluding hydrogens is 246 g/mol. The highest BCUT2D eigenvalue weighted by atomic mass is 15.3. The van der Waals surface area contributed by atoms with Crippen LogP contribution in [0.25, 0.3) is 0 Å². The van der Waals surface area contributed by atoms with Crippen molar-refractivity contribution in [3.05, 3.63) is 0 Å². The third-order valence-corrected chi connectivity index (χ3v) is 6.33. The van der Waals surface area contributed by atoms with Gasteiger partial charge in [0.15, 0.2) is 0 Å². The van der Waals surface area contributed by atoms with Crippen LogP contribution in [0.2, 0.25) is 0 Å². The number of rotatable bonds is 2. The van der Waals surface area contributed by atoms with Gasteiger partial charge < -0.3 is 5.73 Å². The van der Waals surface area contributed by atoms with Crippen molar-refractivity contribution >= 4 is 0 Å². The minimum absolute atomic E-state index is 0.328. The molecule has 2 heterocycles. The molecule has 3 heteroatoms. The second kappa shape index (κ2) is 6.33. The first-order valence-electron chi connectivity index (χ1n) is 8.93. The standard InChI is InChI=1S/C17H33N3/c1-15-5-4-8-17(14-18,9-7-15)20-12-11-19-10-3-2-6-16(19)13-20/h15-16H,2-14,18H2,1H3. The molecule has 20 heavy (non-hydrogen) atoms. The summed E-state index contributed by atoms with van der Waals surface area (Å²) in [5, 5.41) is 0. The maximum atomic E-state index is 6.30. The highest BCUT2D eigenvalue weighted by Gasteiger charge is 2.41. The molecule has 1 saturated carbocycles. The molecule has 0 radical (unpaired) electrons. The van der Waals surface area contributed by atoms with Crippen LogP contribution in [0.4, 0.5) is 0 Å². The van der Waals surface area contributed by atoms with Crippen molar-refractivity contribution in [1.29, 1.82) is 0 Å². The van der Waals surface area contributed by atoms with Crippen LogP contribution >= 0.6 is 0 Å². The summed E-state index contributed by atoms with van der Waals surface area (Å²) in [6.07, 6.45) is 11.1. The number of piperidine rings is 1. The maximum Gasteiger partial charge on any atom is 0.0333 e. The molecule has 3 rings (SSSR count). The highest BCUT2D eigenvalue weighted by molar-refractivity contribution is 4.98. The fourth-order valence-corrected chi connectivity index (χ4v) is 4.80. The summed E-state index contributed by atoms with van der Waals surface area (Å²) in [4.78, 5) is 5.54. The lowest BCUT2D eigenvalue weighted by Crippen LogP contribution is -2.63. The number of nitrogens with two attached hydrogens (primary N) is 1. The van der Waals surface area contributed by atoms with Gasteiger partial charge in [0.25, 0.3) is 0 Å². The molecule has 0 spiro atoms. The van der Waals surface area contributed by atoms with E-state index in [1.54, 1.807) is 0 Å². The topological polar surface area (TPSA) is 32.5 Å². The lowest BCUT2D eigenvalue weighted by atomic mass is 9.85. The first kappa shape index (κ1) is 14.8. The molecule has 0 aromatic heterocycles. The Bertz CT molecular complexity index is 319. The Labute approximate surface area is 124 Å². The van der Waals surface area contributed by atoms with Crippen LogP contribution in [0.3, 0.4) is 0 Å². The lowest BCUT2D eigenvalue weighted by molar-refractivity contribution is -0.0177. The number of hydrogen-bond donors (Lipinski definition) is 1. The predicted molar refractivity (Wildman–Crippen MR) is 84.8 cm³/mol. The van der Waals surface area contributed by atoms with Gasteiger partial charge in [-0.05, 0) is 44.6 Å². The van der Waals surface area contributed by atoms with Crippen molar-refractivity contribution in [2.24, 2.45) is 11.7 Å². The van der Waals surface area contributed by atoms with Gasteiger partial charge in [0.2, 0.25) is 0 Å². The van der Waals surface area contributed by atoms with Crippen LogP contribution in [-0.4, -0.2) is 54.1 Å². The van der Waals surface area contributed by atoms with Gasteiger partial charge in [0, 0.05) is 37.8 Å². The lowest BCUT2D eigenvalue weighted by Gasteiger charge is -2.51. The maximum absolute atomic E-state index is 6.30. The normalized spacial score (nSPS) is 41.1. The molecular formula is C17H33N3. The second-order valence-corrected chi connectivity index (χ2v) is 7.60. The van der Waals surface area contributed by atoms with E-state index < -0.39 is 0 Å². The number of piperazine rings is 1. The minimum Gasteiger partial charge on any atom is -0.329 e. The molecule has 1 aliphatic carbocycles. The smallest absolute Gasteiger partial charge is 0.0333 e. The van der Waals surface area contributed by atoms with Crippen molar-refractivity contribution in [3.8, 4) is 0 Å². The Morgan fingerprint density at radius 1 is 1.00 bits per heavy atom. The molecule has 2 aliphatic heterocycles. The highest BCUT2D eigenvalue weighted by Crippen LogP contribution is 2.36. The molecule has 0 amide bonds. The van der Waals surface area contributed by atoms with Gasteiger partial charge in [-0.2, -0.15) is 0 Å². The molecule has 2 N–H and O–H groups in total. The van der Waals surface area contributed by atoms with Crippen molar-refractivity contribution < 1.29 is 0 Å². The summed E-state index contributed by atoms with van der Waals surface area (Å²) < 4.78 is 0. The van der Waals surface area contributed by atoms with Crippen LogP contribution in [0.1, 0.15) is 58.3 Å². The summed E-state index contributed by atoms with van der Waals surface area (Å²) in [7, 11) is 0. The van der Waals surface area contributed by atoms with Gasteiger partial charge in [-0.25, -0.2) is 0 Å². The second-order valence-electron chi connectivity index (χ2n) is 7.60. The van der Waals surface area contributed by atoms with E-state index in [1.807, 2.05) is 0 Å². The Morgan fingerprint density at radius 3 is 2.75 bits per heavy atom. The van der Waals surface area contributed by atoms with Crippen LogP contribution in [-0.2, 0) is 0 Å².